The molecule has 2 nitrogen and oxygen atoms in total. The Bertz CT molecular complexity index is 152. The Balaban J connectivity index is 1.93. The summed E-state index contributed by atoms with van der Waals surface area (Å²) in [6.07, 6.45) is 5.31. The van der Waals surface area contributed by atoms with E-state index in [4.69, 9.17) is 5.73 Å². The second kappa shape index (κ2) is 2.46. The first-order valence-corrected chi connectivity index (χ1v) is 4.71. The lowest BCUT2D eigenvalue weighted by Crippen LogP contribution is -2.47. The van der Waals surface area contributed by atoms with E-state index in [2.05, 4.69) is 11.8 Å². The third kappa shape index (κ3) is 1.42. The fourth-order valence-electron chi connectivity index (χ4n) is 2.00. The first-order chi connectivity index (χ1) is 5.21. The minimum atomic E-state index is 0.446. The number of hydrogen-bond acceptors (Lipinski definition) is 2. The number of nitrogens with two attached hydrogens (primary N) is 1. The van der Waals surface area contributed by atoms with E-state index in [0.717, 1.165) is 6.54 Å². The van der Waals surface area contributed by atoms with Gasteiger partial charge in [-0.2, -0.15) is 0 Å². The van der Waals surface area contributed by atoms with Crippen LogP contribution in [0.2, 0.25) is 0 Å². The molecule has 2 N–H and O–H groups in total. The average molecular weight is 154 g/mol. The SMILES string of the molecule is CC1(N2CCCC(N)C2)CC1. The zero-order chi connectivity index (χ0) is 7.90. The second-order valence-electron chi connectivity index (χ2n) is 4.35. The summed E-state index contributed by atoms with van der Waals surface area (Å²) < 4.78 is 0. The largest absolute Gasteiger partial charge is 0.327 e. The molecule has 0 radical (unpaired) electrons. The Labute approximate surface area is 68.7 Å². The van der Waals surface area contributed by atoms with Crippen LogP contribution in [0, 0.1) is 0 Å². The molecule has 2 rings (SSSR count). The summed E-state index contributed by atoms with van der Waals surface area (Å²) in [7, 11) is 0. The number of nitrogens with zero attached hydrogens (tertiary/aromatic N) is 1. The molecule has 11 heavy (non-hydrogen) atoms. The number of piperidine rings is 1. The van der Waals surface area contributed by atoms with E-state index in [1.54, 1.807) is 0 Å². The zero-order valence-corrected chi connectivity index (χ0v) is 7.34. The van der Waals surface area contributed by atoms with Crippen LogP contribution >= 0.6 is 0 Å². The maximum atomic E-state index is 5.91. The minimum absolute atomic E-state index is 0.446. The maximum absolute atomic E-state index is 5.91. The van der Waals surface area contributed by atoms with Gasteiger partial charge in [-0.15, -0.1) is 0 Å². The lowest BCUT2D eigenvalue weighted by Gasteiger charge is -2.35. The van der Waals surface area contributed by atoms with E-state index in [0.29, 0.717) is 11.6 Å². The van der Waals surface area contributed by atoms with Gasteiger partial charge in [-0.3, -0.25) is 4.90 Å². The number of rotatable bonds is 1. The molecule has 2 aliphatic rings. The highest BCUT2D eigenvalue weighted by Crippen LogP contribution is 2.41. The Hall–Kier alpha value is -0.0800. The van der Waals surface area contributed by atoms with Crippen molar-refractivity contribution in [3.63, 3.8) is 0 Å². The van der Waals surface area contributed by atoms with Crippen molar-refractivity contribution in [2.24, 2.45) is 5.73 Å². The van der Waals surface area contributed by atoms with Gasteiger partial charge in [0.05, 0.1) is 0 Å². The molecule has 0 aromatic carbocycles. The van der Waals surface area contributed by atoms with Crippen LogP contribution in [0.15, 0.2) is 0 Å². The molecule has 1 heterocycles. The fraction of sp³-hybridized carbons (Fsp3) is 1.00. The van der Waals surface area contributed by atoms with Crippen LogP contribution in [0.4, 0.5) is 0 Å². The lowest BCUT2D eigenvalue weighted by atomic mass is 10.0. The first kappa shape index (κ1) is 7.56. The van der Waals surface area contributed by atoms with Crippen molar-refractivity contribution in [3.8, 4) is 0 Å². The van der Waals surface area contributed by atoms with Crippen LogP contribution < -0.4 is 5.73 Å². The third-order valence-corrected chi connectivity index (χ3v) is 3.19. The van der Waals surface area contributed by atoms with Crippen molar-refractivity contribution in [1.29, 1.82) is 0 Å². The van der Waals surface area contributed by atoms with Gasteiger partial charge in [-0.1, -0.05) is 0 Å². The smallest absolute Gasteiger partial charge is 0.0183 e. The van der Waals surface area contributed by atoms with Crippen molar-refractivity contribution in [3.05, 3.63) is 0 Å². The quantitative estimate of drug-likeness (QED) is 0.609. The van der Waals surface area contributed by atoms with Gasteiger partial charge in [0, 0.05) is 18.1 Å². The molecule has 2 heteroatoms. The normalized spacial score (nSPS) is 37.1. The molecule has 1 atom stereocenters. The van der Waals surface area contributed by atoms with Crippen molar-refractivity contribution in [1.82, 2.24) is 4.90 Å². The van der Waals surface area contributed by atoms with Gasteiger partial charge < -0.3 is 5.73 Å². The number of likely N-dealkylation sites (tertiary alicyclic amines) is 1. The van der Waals surface area contributed by atoms with Gasteiger partial charge in [0.15, 0.2) is 0 Å². The van der Waals surface area contributed by atoms with Crippen LogP contribution in [0.5, 0.6) is 0 Å². The molecular weight excluding hydrogens is 136 g/mol. The number of hydrogen-bond donors (Lipinski definition) is 1. The summed E-state index contributed by atoms with van der Waals surface area (Å²) in [5.41, 5.74) is 6.46. The Morgan fingerprint density at radius 2 is 2.18 bits per heavy atom. The Kier molecular flexibility index (Phi) is 1.69. The highest BCUT2D eigenvalue weighted by molar-refractivity contribution is 5.01. The van der Waals surface area contributed by atoms with E-state index < -0.39 is 0 Å². The monoisotopic (exact) mass is 154 g/mol. The molecule has 64 valence electrons. The van der Waals surface area contributed by atoms with E-state index >= 15 is 0 Å². The van der Waals surface area contributed by atoms with Crippen LogP contribution in [0.3, 0.4) is 0 Å². The molecule has 1 saturated carbocycles. The summed E-state index contributed by atoms with van der Waals surface area (Å²) in [5.74, 6) is 0. The Morgan fingerprint density at radius 3 is 2.73 bits per heavy atom. The molecule has 1 saturated heterocycles. The zero-order valence-electron chi connectivity index (χ0n) is 7.34. The van der Waals surface area contributed by atoms with Crippen LogP contribution in [0.25, 0.3) is 0 Å². The van der Waals surface area contributed by atoms with Gasteiger partial charge in [0.25, 0.3) is 0 Å². The lowest BCUT2D eigenvalue weighted by molar-refractivity contribution is 0.144. The minimum Gasteiger partial charge on any atom is -0.327 e. The first-order valence-electron chi connectivity index (χ1n) is 4.71. The molecule has 1 aliphatic carbocycles. The molecule has 1 aliphatic heterocycles. The average Bonchev–Trinajstić information content (AvgIpc) is 2.70. The highest BCUT2D eigenvalue weighted by atomic mass is 15.2. The van der Waals surface area contributed by atoms with E-state index in [-0.39, 0.29) is 0 Å². The summed E-state index contributed by atoms with van der Waals surface area (Å²) >= 11 is 0. The fourth-order valence-corrected chi connectivity index (χ4v) is 2.00. The summed E-state index contributed by atoms with van der Waals surface area (Å²) in [4.78, 5) is 2.58. The molecule has 0 bridgehead atoms. The summed E-state index contributed by atoms with van der Waals surface area (Å²) in [5, 5.41) is 0. The van der Waals surface area contributed by atoms with Gasteiger partial charge >= 0.3 is 0 Å². The highest BCUT2D eigenvalue weighted by Gasteiger charge is 2.43. The molecule has 1 unspecified atom stereocenters. The third-order valence-electron chi connectivity index (χ3n) is 3.19. The van der Waals surface area contributed by atoms with Crippen LogP contribution in [-0.2, 0) is 0 Å². The van der Waals surface area contributed by atoms with Gasteiger partial charge in [-0.05, 0) is 39.2 Å². The van der Waals surface area contributed by atoms with Gasteiger partial charge in [0.1, 0.15) is 0 Å². The van der Waals surface area contributed by atoms with Crippen LogP contribution in [0.1, 0.15) is 32.6 Å². The van der Waals surface area contributed by atoms with E-state index in [9.17, 15) is 0 Å². The molecular formula is C9H18N2. The second-order valence-corrected chi connectivity index (χ2v) is 4.35. The summed E-state index contributed by atoms with van der Waals surface area (Å²) in [6.45, 7) is 4.78. The Morgan fingerprint density at radius 1 is 1.45 bits per heavy atom. The molecule has 0 spiro atoms. The van der Waals surface area contributed by atoms with Crippen LogP contribution in [-0.4, -0.2) is 29.6 Å². The predicted octanol–water partition coefficient (Wildman–Crippen LogP) is 0.962. The van der Waals surface area contributed by atoms with Crippen molar-refractivity contribution >= 4 is 0 Å². The molecule has 0 amide bonds. The van der Waals surface area contributed by atoms with E-state index in [1.807, 2.05) is 0 Å². The maximum Gasteiger partial charge on any atom is 0.0183 e. The van der Waals surface area contributed by atoms with Gasteiger partial charge in [0.2, 0.25) is 0 Å². The van der Waals surface area contributed by atoms with Crippen molar-refractivity contribution < 1.29 is 0 Å². The van der Waals surface area contributed by atoms with Gasteiger partial charge in [-0.25, -0.2) is 0 Å². The predicted molar refractivity (Wildman–Crippen MR) is 46.4 cm³/mol. The summed E-state index contributed by atoms with van der Waals surface area (Å²) in [6, 6.07) is 0.446. The molecule has 0 aromatic heterocycles. The molecule has 2 fully saturated rings. The van der Waals surface area contributed by atoms with Crippen molar-refractivity contribution in [2.75, 3.05) is 13.1 Å². The van der Waals surface area contributed by atoms with Crippen molar-refractivity contribution in [2.45, 2.75) is 44.2 Å². The topological polar surface area (TPSA) is 29.3 Å². The standard InChI is InChI=1S/C9H18N2/c1-9(4-5-9)11-6-2-3-8(10)7-11/h8H,2-7,10H2,1H3. The molecule has 0 aromatic rings. The van der Waals surface area contributed by atoms with E-state index in [1.165, 1.54) is 32.2 Å².